The first-order valence-electron chi connectivity index (χ1n) is 9.63. The Morgan fingerprint density at radius 2 is 1.66 bits per heavy atom. The van der Waals surface area contributed by atoms with Crippen LogP contribution in [0.1, 0.15) is 35.7 Å². The predicted molar refractivity (Wildman–Crippen MR) is 130 cm³/mol. The van der Waals surface area contributed by atoms with Gasteiger partial charge in [-0.1, -0.05) is 37.3 Å². The van der Waals surface area contributed by atoms with E-state index in [1.807, 2.05) is 25.1 Å². The zero-order valence-electron chi connectivity index (χ0n) is 17.3. The Kier molecular flexibility index (Phi) is 11.8. The van der Waals surface area contributed by atoms with Crippen LogP contribution in [0, 0.1) is 0 Å². The number of carbonyl (C=O) groups excluding carboxylic acids is 1. The third kappa shape index (κ3) is 8.72. The molecule has 0 heterocycles. The van der Waals surface area contributed by atoms with Crippen LogP contribution in [0.3, 0.4) is 0 Å². The van der Waals surface area contributed by atoms with Crippen molar-refractivity contribution in [1.82, 2.24) is 16.0 Å². The van der Waals surface area contributed by atoms with Gasteiger partial charge in [0.25, 0.3) is 5.91 Å². The van der Waals surface area contributed by atoms with Crippen LogP contribution in [0.4, 0.5) is 0 Å². The Morgan fingerprint density at radius 3 is 2.28 bits per heavy atom. The number of hydrogen-bond acceptors (Lipinski definition) is 3. The minimum absolute atomic E-state index is 0. The number of amides is 1. The number of aliphatic imine (C=N–C) groups is 1. The lowest BCUT2D eigenvalue weighted by Crippen LogP contribution is -2.41. The van der Waals surface area contributed by atoms with Gasteiger partial charge < -0.3 is 20.7 Å². The van der Waals surface area contributed by atoms with Gasteiger partial charge in [0.05, 0.1) is 7.11 Å². The van der Waals surface area contributed by atoms with Crippen LogP contribution in [0.25, 0.3) is 0 Å². The molecule has 0 aliphatic heterocycles. The molecule has 158 valence electrons. The van der Waals surface area contributed by atoms with Crippen LogP contribution < -0.4 is 20.7 Å². The Balaban J connectivity index is 0.00000420. The molecule has 0 saturated carbocycles. The van der Waals surface area contributed by atoms with E-state index in [0.29, 0.717) is 31.1 Å². The number of carbonyl (C=O) groups is 1. The lowest BCUT2D eigenvalue weighted by molar-refractivity contribution is 0.0954. The van der Waals surface area contributed by atoms with Crippen molar-refractivity contribution < 1.29 is 9.53 Å². The van der Waals surface area contributed by atoms with Crippen molar-refractivity contribution in [3.63, 3.8) is 0 Å². The second kappa shape index (κ2) is 13.8. The van der Waals surface area contributed by atoms with Crippen LogP contribution >= 0.6 is 24.0 Å². The average Bonchev–Trinajstić information content (AvgIpc) is 2.75. The van der Waals surface area contributed by atoms with Crippen LogP contribution in [-0.2, 0) is 0 Å². The standard InChI is InChI=1S/C22H30N4O2.HI/c1-4-23-22(26-16-17(2)18-8-6-5-7-9-18)25-15-14-24-21(27)19-10-12-20(28-3)13-11-19;/h5-13,17H,4,14-16H2,1-3H3,(H,24,27)(H2,23,25,26);1H. The van der Waals surface area contributed by atoms with E-state index in [0.717, 1.165) is 18.3 Å². The fraction of sp³-hybridized carbons (Fsp3) is 0.364. The summed E-state index contributed by atoms with van der Waals surface area (Å²) in [6, 6.07) is 17.4. The number of ether oxygens (including phenoxy) is 1. The van der Waals surface area contributed by atoms with Gasteiger partial charge >= 0.3 is 0 Å². The Hall–Kier alpha value is -2.29. The molecule has 2 rings (SSSR count). The lowest BCUT2D eigenvalue weighted by atomic mass is 10.0. The van der Waals surface area contributed by atoms with Crippen molar-refractivity contribution in [2.75, 3.05) is 33.3 Å². The molecule has 1 unspecified atom stereocenters. The molecule has 0 saturated heterocycles. The van der Waals surface area contributed by atoms with Gasteiger partial charge in [-0.25, -0.2) is 0 Å². The summed E-state index contributed by atoms with van der Waals surface area (Å²) >= 11 is 0. The van der Waals surface area contributed by atoms with E-state index in [1.165, 1.54) is 5.56 Å². The number of benzene rings is 2. The second-order valence-corrected chi connectivity index (χ2v) is 6.44. The van der Waals surface area contributed by atoms with Gasteiger partial charge in [-0.05, 0) is 36.8 Å². The number of methoxy groups -OCH3 is 1. The van der Waals surface area contributed by atoms with E-state index < -0.39 is 0 Å². The van der Waals surface area contributed by atoms with Gasteiger partial charge in [0, 0.05) is 37.7 Å². The molecule has 0 fully saturated rings. The molecule has 0 radical (unpaired) electrons. The molecule has 1 atom stereocenters. The minimum Gasteiger partial charge on any atom is -0.497 e. The van der Waals surface area contributed by atoms with Crippen LogP contribution in [0.15, 0.2) is 59.6 Å². The molecule has 7 heteroatoms. The highest BCUT2D eigenvalue weighted by molar-refractivity contribution is 14.0. The molecule has 0 aliphatic carbocycles. The topological polar surface area (TPSA) is 74.8 Å². The summed E-state index contributed by atoms with van der Waals surface area (Å²) in [5.41, 5.74) is 1.88. The SMILES string of the molecule is CCNC(=NCC(C)c1ccccc1)NCCNC(=O)c1ccc(OC)cc1.I. The summed E-state index contributed by atoms with van der Waals surface area (Å²) in [6.07, 6.45) is 0. The van der Waals surface area contributed by atoms with E-state index >= 15 is 0 Å². The molecule has 2 aromatic carbocycles. The van der Waals surface area contributed by atoms with Gasteiger partial charge in [0.1, 0.15) is 5.75 Å². The Morgan fingerprint density at radius 1 is 1.00 bits per heavy atom. The monoisotopic (exact) mass is 510 g/mol. The zero-order valence-corrected chi connectivity index (χ0v) is 19.6. The van der Waals surface area contributed by atoms with E-state index in [-0.39, 0.29) is 29.9 Å². The van der Waals surface area contributed by atoms with E-state index in [1.54, 1.807) is 31.4 Å². The van der Waals surface area contributed by atoms with Crippen molar-refractivity contribution in [2.45, 2.75) is 19.8 Å². The molecule has 0 spiro atoms. The molecule has 0 bridgehead atoms. The highest BCUT2D eigenvalue weighted by Crippen LogP contribution is 2.14. The largest absolute Gasteiger partial charge is 0.497 e. The normalized spacial score (nSPS) is 11.8. The van der Waals surface area contributed by atoms with Crippen molar-refractivity contribution >= 4 is 35.8 Å². The van der Waals surface area contributed by atoms with E-state index in [4.69, 9.17) is 4.74 Å². The third-order valence-corrected chi connectivity index (χ3v) is 4.29. The summed E-state index contributed by atoms with van der Waals surface area (Å²) < 4.78 is 5.10. The summed E-state index contributed by atoms with van der Waals surface area (Å²) in [4.78, 5) is 16.8. The first-order valence-corrected chi connectivity index (χ1v) is 9.63. The lowest BCUT2D eigenvalue weighted by Gasteiger charge is -2.14. The van der Waals surface area contributed by atoms with Crippen molar-refractivity contribution in [3.05, 3.63) is 65.7 Å². The maximum atomic E-state index is 12.2. The Labute approximate surface area is 190 Å². The minimum atomic E-state index is -0.107. The van der Waals surface area contributed by atoms with Gasteiger partial charge in [0.2, 0.25) is 0 Å². The molecule has 6 nitrogen and oxygen atoms in total. The molecule has 2 aromatic rings. The zero-order chi connectivity index (χ0) is 20.2. The van der Waals surface area contributed by atoms with Gasteiger partial charge in [-0.3, -0.25) is 9.79 Å². The average molecular weight is 510 g/mol. The quantitative estimate of drug-likeness (QED) is 0.209. The van der Waals surface area contributed by atoms with Crippen molar-refractivity contribution in [2.24, 2.45) is 4.99 Å². The fourth-order valence-corrected chi connectivity index (χ4v) is 2.66. The molecule has 3 N–H and O–H groups in total. The summed E-state index contributed by atoms with van der Waals surface area (Å²) in [5.74, 6) is 1.72. The van der Waals surface area contributed by atoms with Crippen molar-refractivity contribution in [1.29, 1.82) is 0 Å². The summed E-state index contributed by atoms with van der Waals surface area (Å²) in [5, 5.41) is 9.39. The van der Waals surface area contributed by atoms with Crippen molar-refractivity contribution in [3.8, 4) is 5.75 Å². The molecular formula is C22H31IN4O2. The second-order valence-electron chi connectivity index (χ2n) is 6.44. The highest BCUT2D eigenvalue weighted by Gasteiger charge is 2.06. The number of rotatable bonds is 9. The number of nitrogens with zero attached hydrogens (tertiary/aromatic N) is 1. The third-order valence-electron chi connectivity index (χ3n) is 4.29. The number of guanidine groups is 1. The maximum Gasteiger partial charge on any atom is 0.251 e. The van der Waals surface area contributed by atoms with Crippen LogP contribution in [0.2, 0.25) is 0 Å². The molecule has 0 aliphatic rings. The smallest absolute Gasteiger partial charge is 0.251 e. The van der Waals surface area contributed by atoms with Crippen LogP contribution in [0.5, 0.6) is 5.75 Å². The van der Waals surface area contributed by atoms with E-state index in [2.05, 4.69) is 40.0 Å². The fourth-order valence-electron chi connectivity index (χ4n) is 2.66. The summed E-state index contributed by atoms with van der Waals surface area (Å²) in [6.45, 7) is 6.76. The molecule has 0 aromatic heterocycles. The molecule has 1 amide bonds. The number of nitrogens with one attached hydrogen (secondary N) is 3. The van der Waals surface area contributed by atoms with Gasteiger partial charge in [-0.2, -0.15) is 0 Å². The highest BCUT2D eigenvalue weighted by atomic mass is 127. The molecule has 29 heavy (non-hydrogen) atoms. The van der Waals surface area contributed by atoms with Gasteiger partial charge in [-0.15, -0.1) is 24.0 Å². The summed E-state index contributed by atoms with van der Waals surface area (Å²) in [7, 11) is 1.60. The van der Waals surface area contributed by atoms with E-state index in [9.17, 15) is 4.79 Å². The predicted octanol–water partition coefficient (Wildman–Crippen LogP) is 3.40. The molecular weight excluding hydrogens is 479 g/mol. The van der Waals surface area contributed by atoms with Crippen LogP contribution in [-0.4, -0.2) is 45.2 Å². The first kappa shape index (κ1) is 24.7. The number of hydrogen-bond donors (Lipinski definition) is 3. The number of halogens is 1. The van der Waals surface area contributed by atoms with Gasteiger partial charge in [0.15, 0.2) is 5.96 Å². The maximum absolute atomic E-state index is 12.2. The first-order chi connectivity index (χ1) is 13.6. The Bertz CT molecular complexity index is 751.